The van der Waals surface area contributed by atoms with Gasteiger partial charge in [-0.1, -0.05) is 12.1 Å². The summed E-state index contributed by atoms with van der Waals surface area (Å²) >= 11 is 1.74. The van der Waals surface area contributed by atoms with E-state index in [0.29, 0.717) is 6.04 Å². The van der Waals surface area contributed by atoms with Gasteiger partial charge in [-0.05, 0) is 37.8 Å². The zero-order valence-corrected chi connectivity index (χ0v) is 16.0. The first kappa shape index (κ1) is 17.9. The first-order valence-corrected chi connectivity index (χ1v) is 10.1. The summed E-state index contributed by atoms with van der Waals surface area (Å²) in [5.74, 6) is 0.862. The lowest BCUT2D eigenvalue weighted by atomic mass is 9.84. The molecular formula is C20H26N2O3S. The number of hydrogen-bond donors (Lipinski definition) is 1. The summed E-state index contributed by atoms with van der Waals surface area (Å²) in [6, 6.07) is 8.57. The number of ether oxygens (including phenoxy) is 3. The average Bonchev–Trinajstić information content (AvgIpc) is 3.16. The summed E-state index contributed by atoms with van der Waals surface area (Å²) in [5, 5.41) is 4.76. The van der Waals surface area contributed by atoms with Gasteiger partial charge >= 0.3 is 0 Å². The molecule has 0 aliphatic carbocycles. The Balaban J connectivity index is 1.35. The summed E-state index contributed by atoms with van der Waals surface area (Å²) in [7, 11) is 1.69. The Morgan fingerprint density at radius 3 is 3.04 bits per heavy atom. The molecule has 1 aromatic carbocycles. The zero-order chi connectivity index (χ0) is 17.8. The van der Waals surface area contributed by atoms with Crippen molar-refractivity contribution < 1.29 is 14.2 Å². The van der Waals surface area contributed by atoms with E-state index in [-0.39, 0.29) is 5.60 Å². The van der Waals surface area contributed by atoms with E-state index < -0.39 is 0 Å². The minimum atomic E-state index is 0.0353. The van der Waals surface area contributed by atoms with Gasteiger partial charge in [0.25, 0.3) is 0 Å². The highest BCUT2D eigenvalue weighted by Gasteiger charge is 2.38. The molecule has 0 amide bonds. The summed E-state index contributed by atoms with van der Waals surface area (Å²) in [6.45, 7) is 3.35. The Hall–Kier alpha value is -1.47. The highest BCUT2D eigenvalue weighted by atomic mass is 32.1. The number of rotatable bonds is 5. The first-order valence-electron chi connectivity index (χ1n) is 9.31. The van der Waals surface area contributed by atoms with Crippen LogP contribution >= 0.6 is 11.3 Å². The van der Waals surface area contributed by atoms with E-state index in [0.717, 1.165) is 68.4 Å². The molecule has 0 radical (unpaired) electrons. The predicted octanol–water partition coefficient (Wildman–Crippen LogP) is 3.64. The second-order valence-electron chi connectivity index (χ2n) is 7.08. The van der Waals surface area contributed by atoms with E-state index in [1.54, 1.807) is 18.4 Å². The summed E-state index contributed by atoms with van der Waals surface area (Å²) in [5.41, 5.74) is 1.14. The topological polar surface area (TPSA) is 52.6 Å². The fourth-order valence-corrected chi connectivity index (χ4v) is 4.68. The summed E-state index contributed by atoms with van der Waals surface area (Å²) in [6.07, 6.45) is 6.18. The van der Waals surface area contributed by atoms with Crippen LogP contribution in [0.5, 0.6) is 5.75 Å². The smallest absolute Gasteiger partial charge is 0.123 e. The molecule has 1 aromatic heterocycles. The lowest BCUT2D eigenvalue weighted by Gasteiger charge is -2.43. The maximum Gasteiger partial charge on any atom is 0.123 e. The standard InChI is InChI=1S/C20H26N2O3S/c1-23-17-4-2-3-15(11-17)19-22-14-18(26-19)13-21-16-5-8-25-20(12-16)6-9-24-10-7-20/h2-4,11,14,16,21H,5-10,12-13H2,1H3/t16-/m0/s1. The Bertz CT molecular complexity index is 722. The molecule has 26 heavy (non-hydrogen) atoms. The largest absolute Gasteiger partial charge is 0.497 e. The molecule has 0 saturated carbocycles. The molecule has 0 bridgehead atoms. The van der Waals surface area contributed by atoms with Gasteiger partial charge in [0.05, 0.1) is 12.7 Å². The van der Waals surface area contributed by atoms with Crippen LogP contribution in [0.4, 0.5) is 0 Å². The van der Waals surface area contributed by atoms with E-state index in [2.05, 4.69) is 16.4 Å². The molecule has 2 aromatic rings. The van der Waals surface area contributed by atoms with Gasteiger partial charge in [-0.3, -0.25) is 0 Å². The van der Waals surface area contributed by atoms with Crippen LogP contribution in [-0.4, -0.2) is 43.6 Å². The van der Waals surface area contributed by atoms with Crippen molar-refractivity contribution in [2.45, 2.75) is 43.9 Å². The van der Waals surface area contributed by atoms with Gasteiger partial charge in [0, 0.05) is 49.0 Å². The Morgan fingerprint density at radius 1 is 1.31 bits per heavy atom. The van der Waals surface area contributed by atoms with E-state index >= 15 is 0 Å². The molecule has 2 fully saturated rings. The summed E-state index contributed by atoms with van der Waals surface area (Å²) in [4.78, 5) is 5.85. The molecule has 6 heteroatoms. The molecule has 140 valence electrons. The van der Waals surface area contributed by atoms with Gasteiger partial charge < -0.3 is 19.5 Å². The number of nitrogens with zero attached hydrogens (tertiary/aromatic N) is 1. The van der Waals surface area contributed by atoms with Crippen molar-refractivity contribution in [2.24, 2.45) is 0 Å². The van der Waals surface area contributed by atoms with Crippen LogP contribution in [0.25, 0.3) is 10.6 Å². The third kappa shape index (κ3) is 4.09. The second kappa shape index (κ2) is 8.05. The van der Waals surface area contributed by atoms with Crippen molar-refractivity contribution in [3.05, 3.63) is 35.3 Å². The average molecular weight is 375 g/mol. The molecule has 4 rings (SSSR count). The van der Waals surface area contributed by atoms with E-state index in [4.69, 9.17) is 14.2 Å². The first-order chi connectivity index (χ1) is 12.8. The number of benzene rings is 1. The number of nitrogens with one attached hydrogen (secondary N) is 1. The third-order valence-electron chi connectivity index (χ3n) is 5.33. The molecule has 2 saturated heterocycles. The Labute approximate surface area is 158 Å². The van der Waals surface area contributed by atoms with Crippen LogP contribution in [0.2, 0.25) is 0 Å². The quantitative estimate of drug-likeness (QED) is 0.866. The van der Waals surface area contributed by atoms with Crippen molar-refractivity contribution in [3.63, 3.8) is 0 Å². The predicted molar refractivity (Wildman–Crippen MR) is 103 cm³/mol. The number of thiazole rings is 1. The van der Waals surface area contributed by atoms with Crippen LogP contribution in [-0.2, 0) is 16.0 Å². The molecular weight excluding hydrogens is 348 g/mol. The van der Waals surface area contributed by atoms with Crippen molar-refractivity contribution in [2.75, 3.05) is 26.9 Å². The molecule has 1 N–H and O–H groups in total. The highest BCUT2D eigenvalue weighted by molar-refractivity contribution is 7.15. The maximum atomic E-state index is 6.13. The molecule has 1 spiro atoms. The van der Waals surface area contributed by atoms with E-state index in [1.807, 2.05) is 24.4 Å². The fourth-order valence-electron chi connectivity index (χ4n) is 3.82. The van der Waals surface area contributed by atoms with Gasteiger partial charge in [0.15, 0.2) is 0 Å². The minimum absolute atomic E-state index is 0.0353. The van der Waals surface area contributed by atoms with E-state index in [9.17, 15) is 0 Å². The lowest BCUT2D eigenvalue weighted by Crippen LogP contribution is -2.49. The summed E-state index contributed by atoms with van der Waals surface area (Å²) < 4.78 is 16.9. The molecule has 5 nitrogen and oxygen atoms in total. The van der Waals surface area contributed by atoms with Gasteiger partial charge in [-0.2, -0.15) is 0 Å². The fraction of sp³-hybridized carbons (Fsp3) is 0.550. The maximum absolute atomic E-state index is 6.13. The number of hydrogen-bond acceptors (Lipinski definition) is 6. The van der Waals surface area contributed by atoms with Crippen LogP contribution < -0.4 is 10.1 Å². The van der Waals surface area contributed by atoms with Gasteiger partial charge in [-0.25, -0.2) is 4.98 Å². The second-order valence-corrected chi connectivity index (χ2v) is 8.19. The number of methoxy groups -OCH3 is 1. The van der Waals surface area contributed by atoms with Crippen LogP contribution in [0.1, 0.15) is 30.6 Å². The van der Waals surface area contributed by atoms with Gasteiger partial charge in [0.2, 0.25) is 0 Å². The lowest BCUT2D eigenvalue weighted by molar-refractivity contribution is -0.140. The van der Waals surface area contributed by atoms with Gasteiger partial charge in [-0.15, -0.1) is 11.3 Å². The molecule has 1 atom stereocenters. The monoisotopic (exact) mass is 374 g/mol. The zero-order valence-electron chi connectivity index (χ0n) is 15.2. The van der Waals surface area contributed by atoms with Crippen LogP contribution in [0, 0.1) is 0 Å². The number of aromatic nitrogens is 1. The molecule has 2 aliphatic rings. The van der Waals surface area contributed by atoms with Crippen molar-refractivity contribution in [1.29, 1.82) is 0 Å². The SMILES string of the molecule is COc1cccc(-c2ncc(CN[C@H]3CCOC4(CCOCC4)C3)s2)c1. The van der Waals surface area contributed by atoms with Crippen molar-refractivity contribution in [3.8, 4) is 16.3 Å². The molecule has 2 aliphatic heterocycles. The third-order valence-corrected chi connectivity index (χ3v) is 6.38. The van der Waals surface area contributed by atoms with Crippen LogP contribution in [0.3, 0.4) is 0 Å². The highest BCUT2D eigenvalue weighted by Crippen LogP contribution is 2.34. The Kier molecular flexibility index (Phi) is 5.55. The van der Waals surface area contributed by atoms with Crippen molar-refractivity contribution >= 4 is 11.3 Å². The Morgan fingerprint density at radius 2 is 2.19 bits per heavy atom. The minimum Gasteiger partial charge on any atom is -0.497 e. The normalized spacial score (nSPS) is 22.4. The van der Waals surface area contributed by atoms with E-state index in [1.165, 1.54) is 4.88 Å². The molecule has 3 heterocycles. The van der Waals surface area contributed by atoms with Gasteiger partial charge in [0.1, 0.15) is 10.8 Å². The van der Waals surface area contributed by atoms with Crippen LogP contribution in [0.15, 0.2) is 30.5 Å². The molecule has 0 unspecified atom stereocenters. The van der Waals surface area contributed by atoms with Crippen molar-refractivity contribution in [1.82, 2.24) is 10.3 Å².